The van der Waals surface area contributed by atoms with Gasteiger partial charge in [-0.25, -0.2) is 4.98 Å². The van der Waals surface area contributed by atoms with Crippen LogP contribution in [0.15, 0.2) is 16.7 Å². The van der Waals surface area contributed by atoms with Crippen LogP contribution in [0.1, 0.15) is 12.8 Å². The third kappa shape index (κ3) is 3.57. The van der Waals surface area contributed by atoms with Crippen molar-refractivity contribution in [1.29, 1.82) is 0 Å². The van der Waals surface area contributed by atoms with Gasteiger partial charge in [-0.3, -0.25) is 0 Å². The van der Waals surface area contributed by atoms with Crippen LogP contribution in [0.5, 0.6) is 0 Å². The molecule has 5 heteroatoms. The van der Waals surface area contributed by atoms with Crippen molar-refractivity contribution >= 4 is 27.4 Å². The number of nitrogens with two attached hydrogens (primary N) is 1. The Bertz CT molecular complexity index is 383. The maximum absolute atomic E-state index is 5.90. The van der Waals surface area contributed by atoms with E-state index >= 15 is 0 Å². The second-order valence-corrected chi connectivity index (χ2v) is 5.66. The number of nitrogen functional groups attached to an aromatic ring is 1. The lowest BCUT2D eigenvalue weighted by atomic mass is 9.98. The molecule has 0 spiro atoms. The van der Waals surface area contributed by atoms with Crippen molar-refractivity contribution in [2.24, 2.45) is 5.92 Å². The first-order valence-corrected chi connectivity index (χ1v) is 6.78. The highest BCUT2D eigenvalue weighted by atomic mass is 79.9. The predicted molar refractivity (Wildman–Crippen MR) is 75.1 cm³/mol. The standard InChI is InChI=1S/C12H19BrN4/c1-17-4-2-3-9(8-17)6-15-12-11(14)5-10(13)7-16-12/h5,7,9H,2-4,6,8,14H2,1H3,(H,15,16). The van der Waals surface area contributed by atoms with Gasteiger partial charge in [0.05, 0.1) is 5.69 Å². The number of aromatic nitrogens is 1. The summed E-state index contributed by atoms with van der Waals surface area (Å²) < 4.78 is 0.915. The first-order chi connectivity index (χ1) is 8.15. The number of halogens is 1. The van der Waals surface area contributed by atoms with E-state index in [-0.39, 0.29) is 0 Å². The lowest BCUT2D eigenvalue weighted by Gasteiger charge is -2.29. The van der Waals surface area contributed by atoms with Gasteiger partial charge in [-0.2, -0.15) is 0 Å². The average Bonchev–Trinajstić information content (AvgIpc) is 2.28. The number of anilines is 2. The van der Waals surface area contributed by atoms with Crippen LogP contribution in [0, 0.1) is 5.92 Å². The van der Waals surface area contributed by atoms with Gasteiger partial charge in [0.1, 0.15) is 5.82 Å². The number of piperidine rings is 1. The first-order valence-electron chi connectivity index (χ1n) is 5.98. The van der Waals surface area contributed by atoms with E-state index in [1.165, 1.54) is 19.4 Å². The molecule has 0 radical (unpaired) electrons. The Morgan fingerprint density at radius 1 is 1.65 bits per heavy atom. The summed E-state index contributed by atoms with van der Waals surface area (Å²) in [7, 11) is 2.18. The number of pyridine rings is 1. The SMILES string of the molecule is CN1CCCC(CNc2ncc(Br)cc2N)C1. The zero-order chi connectivity index (χ0) is 12.3. The minimum Gasteiger partial charge on any atom is -0.396 e. The highest BCUT2D eigenvalue weighted by molar-refractivity contribution is 9.10. The molecule has 1 unspecified atom stereocenters. The molecule has 0 saturated carbocycles. The Labute approximate surface area is 111 Å². The molecule has 1 aliphatic rings. The van der Waals surface area contributed by atoms with Gasteiger partial charge in [-0.1, -0.05) is 0 Å². The van der Waals surface area contributed by atoms with Crippen LogP contribution in [0.2, 0.25) is 0 Å². The van der Waals surface area contributed by atoms with E-state index in [1.807, 2.05) is 6.07 Å². The van der Waals surface area contributed by atoms with Gasteiger partial charge in [0.25, 0.3) is 0 Å². The highest BCUT2D eigenvalue weighted by Crippen LogP contribution is 2.21. The Morgan fingerprint density at radius 3 is 3.18 bits per heavy atom. The van der Waals surface area contributed by atoms with Crippen LogP contribution in [0.4, 0.5) is 11.5 Å². The number of rotatable bonds is 3. The van der Waals surface area contributed by atoms with Crippen LogP contribution >= 0.6 is 15.9 Å². The normalized spacial score (nSPS) is 21.4. The van der Waals surface area contributed by atoms with Crippen molar-refractivity contribution in [2.45, 2.75) is 12.8 Å². The van der Waals surface area contributed by atoms with Gasteiger partial charge in [0.15, 0.2) is 0 Å². The molecule has 0 amide bonds. The minimum atomic E-state index is 0.693. The van der Waals surface area contributed by atoms with Crippen LogP contribution in [-0.2, 0) is 0 Å². The van der Waals surface area contributed by atoms with Crippen molar-refractivity contribution < 1.29 is 0 Å². The second kappa shape index (κ2) is 5.69. The lowest BCUT2D eigenvalue weighted by Crippen LogP contribution is -2.35. The third-order valence-corrected chi connectivity index (χ3v) is 3.60. The predicted octanol–water partition coefficient (Wildman–Crippen LogP) is 2.18. The van der Waals surface area contributed by atoms with Crippen molar-refractivity contribution in [1.82, 2.24) is 9.88 Å². The summed E-state index contributed by atoms with van der Waals surface area (Å²) in [5.41, 5.74) is 6.60. The Morgan fingerprint density at radius 2 is 2.47 bits per heavy atom. The van der Waals surface area contributed by atoms with E-state index in [0.717, 1.165) is 23.4 Å². The third-order valence-electron chi connectivity index (χ3n) is 3.16. The number of nitrogens with zero attached hydrogens (tertiary/aromatic N) is 2. The molecular formula is C12H19BrN4. The molecule has 1 fully saturated rings. The van der Waals surface area contributed by atoms with E-state index in [1.54, 1.807) is 6.20 Å². The number of likely N-dealkylation sites (tertiary alicyclic amines) is 1. The summed E-state index contributed by atoms with van der Waals surface area (Å²) in [4.78, 5) is 6.67. The van der Waals surface area contributed by atoms with E-state index in [0.29, 0.717) is 11.6 Å². The van der Waals surface area contributed by atoms with Crippen LogP contribution in [0.25, 0.3) is 0 Å². The summed E-state index contributed by atoms with van der Waals surface area (Å²) in [6, 6.07) is 1.88. The summed E-state index contributed by atoms with van der Waals surface area (Å²) in [5.74, 6) is 1.49. The topological polar surface area (TPSA) is 54.2 Å². The fourth-order valence-electron chi connectivity index (χ4n) is 2.28. The molecule has 0 bridgehead atoms. The zero-order valence-corrected chi connectivity index (χ0v) is 11.7. The fraction of sp³-hybridized carbons (Fsp3) is 0.583. The monoisotopic (exact) mass is 298 g/mol. The van der Waals surface area contributed by atoms with Crippen LogP contribution in [0.3, 0.4) is 0 Å². The smallest absolute Gasteiger partial charge is 0.149 e. The second-order valence-electron chi connectivity index (χ2n) is 4.74. The first kappa shape index (κ1) is 12.6. The Balaban J connectivity index is 1.88. The molecule has 1 aromatic rings. The Hall–Kier alpha value is -0.810. The van der Waals surface area contributed by atoms with Gasteiger partial charge in [0, 0.05) is 23.8 Å². The molecule has 2 rings (SSSR count). The van der Waals surface area contributed by atoms with E-state index < -0.39 is 0 Å². The van der Waals surface area contributed by atoms with E-state index in [4.69, 9.17) is 5.73 Å². The molecule has 17 heavy (non-hydrogen) atoms. The van der Waals surface area contributed by atoms with Crippen molar-refractivity contribution in [3.8, 4) is 0 Å². The van der Waals surface area contributed by atoms with Crippen LogP contribution < -0.4 is 11.1 Å². The van der Waals surface area contributed by atoms with Gasteiger partial charge in [0.2, 0.25) is 0 Å². The number of nitrogens with one attached hydrogen (secondary N) is 1. The molecule has 4 nitrogen and oxygen atoms in total. The van der Waals surface area contributed by atoms with Crippen molar-refractivity contribution in [2.75, 3.05) is 37.7 Å². The van der Waals surface area contributed by atoms with E-state index in [9.17, 15) is 0 Å². The van der Waals surface area contributed by atoms with Gasteiger partial charge < -0.3 is 16.0 Å². The molecule has 0 aliphatic carbocycles. The quantitative estimate of drug-likeness (QED) is 0.898. The minimum absolute atomic E-state index is 0.693. The fourth-order valence-corrected chi connectivity index (χ4v) is 2.63. The summed E-state index contributed by atoms with van der Waals surface area (Å²) in [5, 5.41) is 3.35. The van der Waals surface area contributed by atoms with Gasteiger partial charge in [-0.15, -0.1) is 0 Å². The molecule has 3 N–H and O–H groups in total. The molecular weight excluding hydrogens is 280 g/mol. The molecule has 1 saturated heterocycles. The Kier molecular flexibility index (Phi) is 4.23. The van der Waals surface area contributed by atoms with Gasteiger partial charge in [-0.05, 0) is 54.3 Å². The van der Waals surface area contributed by atoms with E-state index in [2.05, 4.69) is 38.2 Å². The van der Waals surface area contributed by atoms with Crippen molar-refractivity contribution in [3.05, 3.63) is 16.7 Å². The molecule has 1 atom stereocenters. The molecule has 94 valence electrons. The number of hydrogen-bond acceptors (Lipinski definition) is 4. The summed E-state index contributed by atoms with van der Waals surface area (Å²) in [6.07, 6.45) is 4.34. The molecule has 0 aromatic carbocycles. The van der Waals surface area contributed by atoms with Gasteiger partial charge >= 0.3 is 0 Å². The number of hydrogen-bond donors (Lipinski definition) is 2. The highest BCUT2D eigenvalue weighted by Gasteiger charge is 2.17. The zero-order valence-electron chi connectivity index (χ0n) is 10.1. The maximum Gasteiger partial charge on any atom is 0.149 e. The molecule has 1 aromatic heterocycles. The molecule has 1 aliphatic heterocycles. The molecule has 2 heterocycles. The van der Waals surface area contributed by atoms with Crippen molar-refractivity contribution in [3.63, 3.8) is 0 Å². The summed E-state index contributed by atoms with van der Waals surface area (Å²) in [6.45, 7) is 3.32. The lowest BCUT2D eigenvalue weighted by molar-refractivity contribution is 0.217. The average molecular weight is 299 g/mol. The summed E-state index contributed by atoms with van der Waals surface area (Å²) >= 11 is 3.35. The maximum atomic E-state index is 5.90. The van der Waals surface area contributed by atoms with Crippen LogP contribution in [-0.4, -0.2) is 36.6 Å². The largest absolute Gasteiger partial charge is 0.396 e.